The molecule has 1 heterocycles. The highest BCUT2D eigenvalue weighted by atomic mass is 19.1. The highest BCUT2D eigenvalue weighted by Crippen LogP contribution is 2.29. The average Bonchev–Trinajstić information content (AvgIpc) is 2.78. The summed E-state index contributed by atoms with van der Waals surface area (Å²) in [6.45, 7) is 4.06. The van der Waals surface area contributed by atoms with Gasteiger partial charge in [0.1, 0.15) is 5.75 Å². The fraction of sp³-hybridized carbons (Fsp3) is 0.538. The van der Waals surface area contributed by atoms with Crippen molar-refractivity contribution in [2.24, 2.45) is 5.92 Å². The van der Waals surface area contributed by atoms with Crippen molar-refractivity contribution >= 4 is 0 Å². The molecule has 0 bridgehead atoms. The Hall–Kier alpha value is -1.09. The Morgan fingerprint density at radius 2 is 2.06 bits per heavy atom. The van der Waals surface area contributed by atoms with Crippen LogP contribution in [-0.4, -0.2) is 26.4 Å². The third-order valence-electron chi connectivity index (χ3n) is 3.16. The molecule has 0 aromatic heterocycles. The lowest BCUT2D eigenvalue weighted by molar-refractivity contribution is 0.339. The van der Waals surface area contributed by atoms with E-state index in [0.717, 1.165) is 18.8 Å². The summed E-state index contributed by atoms with van der Waals surface area (Å²) in [4.78, 5) is 0. The second-order valence-corrected chi connectivity index (χ2v) is 4.18. The molecule has 88 valence electrons. The lowest BCUT2D eigenvalue weighted by Crippen LogP contribution is -2.12. The molecule has 1 N–H and O–H groups in total. The summed E-state index contributed by atoms with van der Waals surface area (Å²) < 4.78 is 18.2. The minimum Gasteiger partial charge on any atom is -0.494 e. The zero-order chi connectivity index (χ0) is 11.4. The van der Waals surface area contributed by atoms with E-state index in [0.29, 0.717) is 12.5 Å². The fourth-order valence-electron chi connectivity index (χ4n) is 2.26. The summed E-state index contributed by atoms with van der Waals surface area (Å²) in [6, 6.07) is 8.02. The van der Waals surface area contributed by atoms with E-state index in [2.05, 4.69) is 5.32 Å². The monoisotopic (exact) mass is 223 g/mol. The molecule has 1 aromatic carbocycles. The van der Waals surface area contributed by atoms with E-state index in [1.807, 2.05) is 31.2 Å². The first-order valence-corrected chi connectivity index (χ1v) is 5.84. The Balaban J connectivity index is 2.08. The third kappa shape index (κ3) is 2.35. The van der Waals surface area contributed by atoms with Gasteiger partial charge in [0, 0.05) is 24.9 Å². The molecule has 1 fully saturated rings. The van der Waals surface area contributed by atoms with Gasteiger partial charge in [0.15, 0.2) is 0 Å². The van der Waals surface area contributed by atoms with E-state index >= 15 is 0 Å². The van der Waals surface area contributed by atoms with Crippen LogP contribution < -0.4 is 10.1 Å². The van der Waals surface area contributed by atoms with E-state index in [-0.39, 0.29) is 12.6 Å². The number of halogens is 1. The van der Waals surface area contributed by atoms with Crippen molar-refractivity contribution in [3.63, 3.8) is 0 Å². The molecule has 2 rings (SSSR count). The third-order valence-corrected chi connectivity index (χ3v) is 3.16. The van der Waals surface area contributed by atoms with Crippen molar-refractivity contribution in [3.05, 3.63) is 29.8 Å². The minimum atomic E-state index is -0.245. The van der Waals surface area contributed by atoms with Gasteiger partial charge in [-0.15, -0.1) is 0 Å². The van der Waals surface area contributed by atoms with E-state index in [1.54, 1.807) is 0 Å². The van der Waals surface area contributed by atoms with Crippen LogP contribution in [0.15, 0.2) is 24.3 Å². The molecule has 0 radical (unpaired) electrons. The number of nitrogens with one attached hydrogen (secondary N) is 1. The Bertz CT molecular complexity index is 325. The average molecular weight is 223 g/mol. The van der Waals surface area contributed by atoms with Gasteiger partial charge < -0.3 is 10.1 Å². The first-order valence-electron chi connectivity index (χ1n) is 5.84. The molecule has 0 spiro atoms. The molecule has 1 saturated heterocycles. The minimum absolute atomic E-state index is 0.123. The number of benzene rings is 1. The van der Waals surface area contributed by atoms with Crippen LogP contribution in [0.3, 0.4) is 0 Å². The lowest BCUT2D eigenvalue weighted by atomic mass is 9.90. The van der Waals surface area contributed by atoms with Crippen LogP contribution in [0.25, 0.3) is 0 Å². The maximum absolute atomic E-state index is 12.8. The fourth-order valence-corrected chi connectivity index (χ4v) is 2.26. The molecule has 16 heavy (non-hydrogen) atoms. The SMILES string of the molecule is CCOc1ccc([C@@H]2CNC[C@H]2CF)cc1. The van der Waals surface area contributed by atoms with E-state index in [4.69, 9.17) is 4.74 Å². The predicted molar refractivity (Wildman–Crippen MR) is 62.7 cm³/mol. The zero-order valence-corrected chi connectivity index (χ0v) is 9.58. The Kier molecular flexibility index (Phi) is 3.78. The molecule has 1 aromatic rings. The van der Waals surface area contributed by atoms with Crippen LogP contribution in [0.5, 0.6) is 5.75 Å². The Morgan fingerprint density at radius 3 is 2.69 bits per heavy atom. The molecule has 1 aliphatic rings. The van der Waals surface area contributed by atoms with Gasteiger partial charge >= 0.3 is 0 Å². The van der Waals surface area contributed by atoms with Gasteiger partial charge in [-0.05, 0) is 24.6 Å². The zero-order valence-electron chi connectivity index (χ0n) is 9.58. The Labute approximate surface area is 95.8 Å². The summed E-state index contributed by atoms with van der Waals surface area (Å²) in [6.07, 6.45) is 0. The highest BCUT2D eigenvalue weighted by molar-refractivity contribution is 5.30. The maximum atomic E-state index is 12.8. The largest absolute Gasteiger partial charge is 0.494 e. The van der Waals surface area contributed by atoms with Gasteiger partial charge in [0.05, 0.1) is 13.3 Å². The number of rotatable bonds is 4. The molecule has 0 saturated carbocycles. The van der Waals surface area contributed by atoms with Crippen LogP contribution in [0.4, 0.5) is 4.39 Å². The summed E-state index contributed by atoms with van der Waals surface area (Å²) in [5.74, 6) is 1.31. The quantitative estimate of drug-likeness (QED) is 0.846. The van der Waals surface area contributed by atoms with Crippen LogP contribution in [0, 0.1) is 5.92 Å². The van der Waals surface area contributed by atoms with Gasteiger partial charge in [-0.1, -0.05) is 12.1 Å². The van der Waals surface area contributed by atoms with Crippen molar-refractivity contribution in [1.29, 1.82) is 0 Å². The van der Waals surface area contributed by atoms with Gasteiger partial charge in [0.25, 0.3) is 0 Å². The predicted octanol–water partition coefficient (Wildman–Crippen LogP) is 2.36. The van der Waals surface area contributed by atoms with Gasteiger partial charge in [-0.25, -0.2) is 0 Å². The molecule has 0 amide bonds. The number of ether oxygens (including phenoxy) is 1. The van der Waals surface area contributed by atoms with E-state index in [1.165, 1.54) is 5.56 Å². The summed E-state index contributed by atoms with van der Waals surface area (Å²) >= 11 is 0. The second kappa shape index (κ2) is 5.30. The Morgan fingerprint density at radius 1 is 1.31 bits per heavy atom. The van der Waals surface area contributed by atoms with Crippen molar-refractivity contribution in [2.75, 3.05) is 26.4 Å². The first kappa shape index (κ1) is 11.4. The molecular formula is C13H18FNO. The molecule has 3 heteroatoms. The normalized spacial score (nSPS) is 24.6. The van der Waals surface area contributed by atoms with Crippen LogP contribution in [0.2, 0.25) is 0 Å². The molecule has 0 aliphatic carbocycles. The number of alkyl halides is 1. The van der Waals surface area contributed by atoms with Crippen LogP contribution in [-0.2, 0) is 0 Å². The molecule has 0 unspecified atom stereocenters. The van der Waals surface area contributed by atoms with E-state index in [9.17, 15) is 4.39 Å². The highest BCUT2D eigenvalue weighted by Gasteiger charge is 2.28. The topological polar surface area (TPSA) is 21.3 Å². The standard InChI is InChI=1S/C13H18FNO/c1-2-16-12-5-3-10(4-6-12)13-9-15-8-11(13)7-14/h3-6,11,13,15H,2,7-9H2,1H3/t11-,13+/m1/s1. The maximum Gasteiger partial charge on any atom is 0.119 e. The second-order valence-electron chi connectivity index (χ2n) is 4.18. The summed E-state index contributed by atoms with van der Waals surface area (Å²) in [5.41, 5.74) is 1.20. The van der Waals surface area contributed by atoms with E-state index < -0.39 is 0 Å². The van der Waals surface area contributed by atoms with Gasteiger partial charge in [0.2, 0.25) is 0 Å². The van der Waals surface area contributed by atoms with Crippen LogP contribution in [0.1, 0.15) is 18.4 Å². The van der Waals surface area contributed by atoms with Crippen molar-refractivity contribution in [3.8, 4) is 5.75 Å². The lowest BCUT2D eigenvalue weighted by Gasteiger charge is -2.16. The van der Waals surface area contributed by atoms with Crippen LogP contribution >= 0.6 is 0 Å². The molecule has 2 atom stereocenters. The van der Waals surface area contributed by atoms with Crippen molar-refractivity contribution in [2.45, 2.75) is 12.8 Å². The van der Waals surface area contributed by atoms with Crippen molar-refractivity contribution < 1.29 is 9.13 Å². The number of hydrogen-bond donors (Lipinski definition) is 1. The molecule has 2 nitrogen and oxygen atoms in total. The first-order chi connectivity index (χ1) is 7.85. The molecule has 1 aliphatic heterocycles. The van der Waals surface area contributed by atoms with Crippen molar-refractivity contribution in [1.82, 2.24) is 5.32 Å². The number of hydrogen-bond acceptors (Lipinski definition) is 2. The summed E-state index contributed by atoms with van der Waals surface area (Å²) in [7, 11) is 0. The van der Waals surface area contributed by atoms with Gasteiger partial charge in [-0.3, -0.25) is 4.39 Å². The molecular weight excluding hydrogens is 205 g/mol. The van der Waals surface area contributed by atoms with Gasteiger partial charge in [-0.2, -0.15) is 0 Å². The smallest absolute Gasteiger partial charge is 0.119 e. The summed E-state index contributed by atoms with van der Waals surface area (Å²) in [5, 5.41) is 3.24.